The molecule has 0 radical (unpaired) electrons. The maximum atomic E-state index is 12.1. The van der Waals surface area contributed by atoms with Gasteiger partial charge in [0.15, 0.2) is 6.61 Å². The average Bonchev–Trinajstić information content (AvgIpc) is 2.64. The van der Waals surface area contributed by atoms with Crippen LogP contribution in [0.1, 0.15) is 22.8 Å². The van der Waals surface area contributed by atoms with Crippen molar-refractivity contribution in [2.75, 3.05) is 20.7 Å². The second-order valence-electron chi connectivity index (χ2n) is 5.75. The van der Waals surface area contributed by atoms with Crippen LogP contribution in [0.4, 0.5) is 0 Å². The van der Waals surface area contributed by atoms with Crippen LogP contribution in [0.3, 0.4) is 0 Å². The summed E-state index contributed by atoms with van der Waals surface area (Å²) in [5, 5.41) is 4.59. The molecule has 0 bridgehead atoms. The second kappa shape index (κ2) is 9.01. The fourth-order valence-electron chi connectivity index (χ4n) is 1.96. The Labute approximate surface area is 157 Å². The number of amides is 2. The highest BCUT2D eigenvalue weighted by Crippen LogP contribution is 2.13. The fraction of sp³-hybridized carbons (Fsp3) is 0.211. The van der Waals surface area contributed by atoms with E-state index in [-0.39, 0.29) is 18.4 Å². The van der Waals surface area contributed by atoms with E-state index >= 15 is 0 Å². The summed E-state index contributed by atoms with van der Waals surface area (Å²) in [6, 6.07) is 13.7. The number of nitrogens with one attached hydrogen (secondary N) is 1. The Kier molecular flexibility index (Phi) is 6.74. The molecule has 2 amide bonds. The van der Waals surface area contributed by atoms with Gasteiger partial charge in [0.05, 0.1) is 5.71 Å². The predicted octanol–water partition coefficient (Wildman–Crippen LogP) is 2.96. The first-order valence-corrected chi connectivity index (χ1v) is 8.28. The number of carbonyl (C=O) groups is 2. The molecule has 0 fully saturated rings. The molecule has 2 aromatic carbocycles. The topological polar surface area (TPSA) is 71.0 Å². The maximum Gasteiger partial charge on any atom is 0.271 e. The van der Waals surface area contributed by atoms with Crippen molar-refractivity contribution < 1.29 is 14.3 Å². The summed E-state index contributed by atoms with van der Waals surface area (Å²) >= 11 is 5.87. The fourth-order valence-corrected chi connectivity index (χ4v) is 2.15. The third-order valence-corrected chi connectivity index (χ3v) is 3.78. The van der Waals surface area contributed by atoms with E-state index in [0.29, 0.717) is 22.0 Å². The van der Waals surface area contributed by atoms with Gasteiger partial charge in [-0.3, -0.25) is 9.59 Å². The highest BCUT2D eigenvalue weighted by molar-refractivity contribution is 6.30. The van der Waals surface area contributed by atoms with Crippen molar-refractivity contribution in [3.63, 3.8) is 0 Å². The molecule has 0 aliphatic rings. The van der Waals surface area contributed by atoms with Crippen LogP contribution in [-0.4, -0.2) is 43.1 Å². The average molecular weight is 374 g/mol. The van der Waals surface area contributed by atoms with E-state index in [2.05, 4.69) is 10.5 Å². The van der Waals surface area contributed by atoms with Crippen LogP contribution in [0, 0.1) is 0 Å². The maximum absolute atomic E-state index is 12.1. The molecule has 0 aromatic heterocycles. The molecule has 136 valence electrons. The second-order valence-corrected chi connectivity index (χ2v) is 6.19. The lowest BCUT2D eigenvalue weighted by molar-refractivity contribution is -0.130. The Bertz CT molecular complexity index is 817. The Balaban J connectivity index is 1.96. The normalized spacial score (nSPS) is 11.0. The molecule has 0 saturated heterocycles. The van der Waals surface area contributed by atoms with E-state index in [1.807, 2.05) is 0 Å². The monoisotopic (exact) mass is 373 g/mol. The Hall–Kier alpha value is -2.86. The van der Waals surface area contributed by atoms with Crippen molar-refractivity contribution >= 4 is 29.1 Å². The van der Waals surface area contributed by atoms with Gasteiger partial charge in [-0.2, -0.15) is 5.10 Å². The smallest absolute Gasteiger partial charge is 0.271 e. The van der Waals surface area contributed by atoms with E-state index in [4.69, 9.17) is 16.3 Å². The number of rotatable bonds is 6. The number of ether oxygens (including phenoxy) is 1. The Morgan fingerprint density at radius 1 is 1.12 bits per heavy atom. The van der Waals surface area contributed by atoms with Crippen LogP contribution < -0.4 is 10.2 Å². The van der Waals surface area contributed by atoms with E-state index in [9.17, 15) is 9.59 Å². The summed E-state index contributed by atoms with van der Waals surface area (Å²) in [7, 11) is 3.35. The van der Waals surface area contributed by atoms with Crippen molar-refractivity contribution in [2.24, 2.45) is 5.10 Å². The molecule has 2 rings (SSSR count). The lowest BCUT2D eigenvalue weighted by Crippen LogP contribution is -2.27. The molecule has 2 aromatic rings. The van der Waals surface area contributed by atoms with Gasteiger partial charge in [0, 0.05) is 24.7 Å². The lowest BCUT2D eigenvalue weighted by Gasteiger charge is -2.11. The molecule has 6 nitrogen and oxygen atoms in total. The zero-order valence-electron chi connectivity index (χ0n) is 14.8. The van der Waals surface area contributed by atoms with Crippen LogP contribution in [0.2, 0.25) is 5.02 Å². The van der Waals surface area contributed by atoms with Crippen LogP contribution in [-0.2, 0) is 4.79 Å². The third kappa shape index (κ3) is 5.60. The van der Waals surface area contributed by atoms with Crippen molar-refractivity contribution in [1.29, 1.82) is 0 Å². The van der Waals surface area contributed by atoms with Crippen LogP contribution in [0.5, 0.6) is 5.75 Å². The van der Waals surface area contributed by atoms with Crippen LogP contribution in [0.15, 0.2) is 53.6 Å². The number of nitrogens with zero attached hydrogens (tertiary/aromatic N) is 2. The summed E-state index contributed by atoms with van der Waals surface area (Å²) < 4.78 is 5.42. The van der Waals surface area contributed by atoms with E-state index in [1.165, 1.54) is 4.90 Å². The van der Waals surface area contributed by atoms with Gasteiger partial charge in [0.1, 0.15) is 5.75 Å². The van der Waals surface area contributed by atoms with Gasteiger partial charge in [-0.1, -0.05) is 17.7 Å². The highest BCUT2D eigenvalue weighted by Gasteiger charge is 2.07. The van der Waals surface area contributed by atoms with Gasteiger partial charge < -0.3 is 9.64 Å². The van der Waals surface area contributed by atoms with Gasteiger partial charge in [0.2, 0.25) is 0 Å². The number of halogens is 1. The summed E-state index contributed by atoms with van der Waals surface area (Å²) in [4.78, 5) is 25.0. The molecule has 1 N–H and O–H groups in total. The molecule has 0 aliphatic carbocycles. The number of benzene rings is 2. The Morgan fingerprint density at radius 3 is 2.42 bits per heavy atom. The van der Waals surface area contributed by atoms with Crippen LogP contribution in [0.25, 0.3) is 0 Å². The molecule has 0 spiro atoms. The summed E-state index contributed by atoms with van der Waals surface area (Å²) in [5.41, 5.74) is 4.39. The minimum atomic E-state index is -0.339. The van der Waals surface area contributed by atoms with Crippen molar-refractivity contribution in [3.8, 4) is 5.75 Å². The zero-order chi connectivity index (χ0) is 19.1. The van der Waals surface area contributed by atoms with Gasteiger partial charge in [0.25, 0.3) is 11.8 Å². The molecular weight excluding hydrogens is 354 g/mol. The first-order chi connectivity index (χ1) is 12.4. The predicted molar refractivity (Wildman–Crippen MR) is 102 cm³/mol. The van der Waals surface area contributed by atoms with Gasteiger partial charge in [-0.15, -0.1) is 0 Å². The number of likely N-dealkylation sites (N-methyl/N-ethyl adjacent to an activating group) is 1. The zero-order valence-corrected chi connectivity index (χ0v) is 15.6. The van der Waals surface area contributed by atoms with E-state index < -0.39 is 0 Å². The molecule has 7 heteroatoms. The number of hydrogen-bond acceptors (Lipinski definition) is 4. The summed E-state index contributed by atoms with van der Waals surface area (Å²) in [5.74, 6) is 0.129. The largest absolute Gasteiger partial charge is 0.484 e. The molecule has 26 heavy (non-hydrogen) atoms. The first-order valence-electron chi connectivity index (χ1n) is 7.90. The minimum Gasteiger partial charge on any atom is -0.484 e. The van der Waals surface area contributed by atoms with Gasteiger partial charge in [-0.05, 0) is 55.0 Å². The molecule has 0 heterocycles. The molecule has 0 saturated carbocycles. The highest BCUT2D eigenvalue weighted by atomic mass is 35.5. The molecule has 0 atom stereocenters. The van der Waals surface area contributed by atoms with Gasteiger partial charge >= 0.3 is 0 Å². The van der Waals surface area contributed by atoms with Crippen molar-refractivity contribution in [3.05, 3.63) is 64.7 Å². The van der Waals surface area contributed by atoms with Crippen molar-refractivity contribution in [1.82, 2.24) is 10.3 Å². The number of hydrogen-bond donors (Lipinski definition) is 1. The SMILES string of the molecule is C/C(=N/NC(=O)c1cccc(Cl)c1)c1ccc(OCC(=O)N(C)C)cc1. The molecule has 0 unspecified atom stereocenters. The van der Waals surface area contributed by atoms with E-state index in [0.717, 1.165) is 5.56 Å². The minimum absolute atomic E-state index is 0.0187. The lowest BCUT2D eigenvalue weighted by atomic mass is 10.1. The Morgan fingerprint density at radius 2 is 1.81 bits per heavy atom. The third-order valence-electron chi connectivity index (χ3n) is 3.55. The summed E-state index contributed by atoms with van der Waals surface area (Å²) in [6.07, 6.45) is 0. The summed E-state index contributed by atoms with van der Waals surface area (Å²) in [6.45, 7) is 1.76. The standard InChI is InChI=1S/C19H20ClN3O3/c1-13(21-22-19(25)15-5-4-6-16(20)11-15)14-7-9-17(10-8-14)26-12-18(24)23(2)3/h4-11H,12H2,1-3H3,(H,22,25)/b21-13-. The molecular formula is C19H20ClN3O3. The number of carbonyl (C=O) groups excluding carboxylic acids is 2. The quantitative estimate of drug-likeness (QED) is 0.625. The first kappa shape index (κ1) is 19.5. The van der Waals surface area contributed by atoms with E-state index in [1.54, 1.807) is 69.6 Å². The van der Waals surface area contributed by atoms with Crippen molar-refractivity contribution in [2.45, 2.75) is 6.92 Å². The number of hydrazone groups is 1. The van der Waals surface area contributed by atoms with Crippen LogP contribution >= 0.6 is 11.6 Å². The van der Waals surface area contributed by atoms with Gasteiger partial charge in [-0.25, -0.2) is 5.43 Å². The molecule has 0 aliphatic heterocycles.